The molecule has 0 bridgehead atoms. The number of nitrogens with zero attached hydrogens (tertiary/aromatic N) is 2. The van der Waals surface area contributed by atoms with Gasteiger partial charge in [0.15, 0.2) is 0 Å². The molecule has 2 rings (SSSR count). The third-order valence-electron chi connectivity index (χ3n) is 2.31. The highest BCUT2D eigenvalue weighted by Gasteiger charge is 2.05. The molecule has 5 nitrogen and oxygen atoms in total. The number of hydrogen-bond acceptors (Lipinski definition) is 5. The molecule has 1 heterocycles. The molecular weight excluding hydrogens is 329 g/mol. The predicted molar refractivity (Wildman–Crippen MR) is 77.0 cm³/mol. The second-order valence-electron chi connectivity index (χ2n) is 3.48. The Morgan fingerprint density at radius 1 is 1.24 bits per heavy atom. The second kappa shape index (κ2) is 5.28. The van der Waals surface area contributed by atoms with E-state index in [1.54, 1.807) is 0 Å². The van der Waals surface area contributed by atoms with Crippen LogP contribution in [0.3, 0.4) is 0 Å². The molecule has 0 saturated carbocycles. The zero-order chi connectivity index (χ0) is 12.3. The molecule has 2 aromatic rings. The highest BCUT2D eigenvalue weighted by molar-refractivity contribution is 14.1. The molecule has 0 atom stereocenters. The largest absolute Gasteiger partial charge is 0.340 e. The van der Waals surface area contributed by atoms with Crippen LogP contribution in [0.25, 0.3) is 0 Å². The van der Waals surface area contributed by atoms with Gasteiger partial charge in [-0.05, 0) is 47.7 Å². The summed E-state index contributed by atoms with van der Waals surface area (Å²) >= 11 is 2.27. The van der Waals surface area contributed by atoms with Crippen molar-refractivity contribution in [3.63, 3.8) is 0 Å². The number of nitrogens with one attached hydrogen (secondary N) is 2. The smallest absolute Gasteiger partial charge is 0.148 e. The van der Waals surface area contributed by atoms with Gasteiger partial charge in [-0.3, -0.25) is 0 Å². The molecule has 0 radical (unpaired) electrons. The van der Waals surface area contributed by atoms with Gasteiger partial charge in [-0.15, -0.1) is 0 Å². The summed E-state index contributed by atoms with van der Waals surface area (Å²) in [4.78, 5) is 8.22. The van der Waals surface area contributed by atoms with E-state index in [4.69, 9.17) is 5.84 Å². The average molecular weight is 341 g/mol. The number of anilines is 3. The van der Waals surface area contributed by atoms with E-state index in [1.807, 2.05) is 31.2 Å². The van der Waals surface area contributed by atoms with Gasteiger partial charge in [0.2, 0.25) is 0 Å². The number of hydrazine groups is 1. The maximum Gasteiger partial charge on any atom is 0.148 e. The van der Waals surface area contributed by atoms with Crippen LogP contribution in [0.5, 0.6) is 0 Å². The molecule has 88 valence electrons. The van der Waals surface area contributed by atoms with Crippen molar-refractivity contribution in [2.24, 2.45) is 5.84 Å². The molecular formula is C11H12IN5. The Balaban J connectivity index is 2.30. The first-order chi connectivity index (χ1) is 8.20. The van der Waals surface area contributed by atoms with Crippen molar-refractivity contribution < 1.29 is 0 Å². The first-order valence-electron chi connectivity index (χ1n) is 5.01. The fourth-order valence-electron chi connectivity index (χ4n) is 1.42. The zero-order valence-electron chi connectivity index (χ0n) is 9.24. The molecule has 0 saturated heterocycles. The molecule has 0 spiro atoms. The van der Waals surface area contributed by atoms with Crippen LogP contribution in [-0.4, -0.2) is 9.97 Å². The molecule has 0 unspecified atom stereocenters. The lowest BCUT2D eigenvalue weighted by atomic mass is 10.3. The van der Waals surface area contributed by atoms with Crippen LogP contribution in [-0.2, 0) is 0 Å². The lowest BCUT2D eigenvalue weighted by Gasteiger charge is -2.10. The highest BCUT2D eigenvalue weighted by atomic mass is 127. The van der Waals surface area contributed by atoms with Crippen molar-refractivity contribution in [1.82, 2.24) is 9.97 Å². The lowest BCUT2D eigenvalue weighted by molar-refractivity contribution is 1.11. The van der Waals surface area contributed by atoms with Gasteiger partial charge in [-0.25, -0.2) is 15.8 Å². The van der Waals surface area contributed by atoms with Crippen LogP contribution in [0.4, 0.5) is 17.3 Å². The minimum absolute atomic E-state index is 0.619. The summed E-state index contributed by atoms with van der Waals surface area (Å²) in [6.07, 6.45) is 1.47. The molecule has 0 aliphatic heterocycles. The van der Waals surface area contributed by atoms with Gasteiger partial charge in [0.05, 0.1) is 0 Å². The predicted octanol–water partition coefficient (Wildman–Crippen LogP) is 2.42. The molecule has 17 heavy (non-hydrogen) atoms. The summed E-state index contributed by atoms with van der Waals surface area (Å²) in [5.41, 5.74) is 4.41. The van der Waals surface area contributed by atoms with E-state index in [0.717, 1.165) is 20.6 Å². The summed E-state index contributed by atoms with van der Waals surface area (Å²) in [6.45, 7) is 1.91. The molecule has 4 N–H and O–H groups in total. The van der Waals surface area contributed by atoms with Crippen LogP contribution in [0.15, 0.2) is 30.6 Å². The Morgan fingerprint density at radius 2 is 2.00 bits per heavy atom. The Hall–Kier alpha value is -1.41. The van der Waals surface area contributed by atoms with Crippen molar-refractivity contribution in [2.45, 2.75) is 6.92 Å². The Kier molecular flexibility index (Phi) is 3.75. The summed E-state index contributed by atoms with van der Waals surface area (Å²) in [5, 5.41) is 3.24. The van der Waals surface area contributed by atoms with Gasteiger partial charge in [-0.1, -0.05) is 6.07 Å². The monoisotopic (exact) mass is 341 g/mol. The van der Waals surface area contributed by atoms with E-state index in [9.17, 15) is 0 Å². The minimum Gasteiger partial charge on any atom is -0.340 e. The summed E-state index contributed by atoms with van der Waals surface area (Å²) in [5.74, 6) is 6.73. The minimum atomic E-state index is 0.619. The third kappa shape index (κ3) is 2.83. The summed E-state index contributed by atoms with van der Waals surface area (Å²) in [6, 6.07) is 8.05. The molecule has 6 heteroatoms. The number of nitrogens with two attached hydrogens (primary N) is 1. The van der Waals surface area contributed by atoms with Crippen molar-refractivity contribution in [2.75, 3.05) is 10.7 Å². The number of benzene rings is 1. The number of hydrogen-bond donors (Lipinski definition) is 3. The van der Waals surface area contributed by atoms with Crippen LogP contribution in [0, 0.1) is 10.5 Å². The molecule has 1 aromatic heterocycles. The number of halogens is 1. The highest BCUT2D eigenvalue weighted by Crippen LogP contribution is 2.22. The SMILES string of the molecule is Cc1c(NN)ncnc1Nc1cccc(I)c1. The first-order valence-corrected chi connectivity index (χ1v) is 6.09. The van der Waals surface area contributed by atoms with E-state index in [1.165, 1.54) is 6.33 Å². The Labute approximate surface area is 113 Å². The van der Waals surface area contributed by atoms with Crippen LogP contribution in [0.2, 0.25) is 0 Å². The maximum absolute atomic E-state index is 5.37. The molecule has 0 amide bonds. The number of nitrogen functional groups attached to an aromatic ring is 1. The number of rotatable bonds is 3. The molecule has 0 aliphatic rings. The van der Waals surface area contributed by atoms with Crippen molar-refractivity contribution in [3.8, 4) is 0 Å². The lowest BCUT2D eigenvalue weighted by Crippen LogP contribution is -2.11. The first kappa shape index (κ1) is 12.1. The fourth-order valence-corrected chi connectivity index (χ4v) is 1.97. The second-order valence-corrected chi connectivity index (χ2v) is 4.72. The quantitative estimate of drug-likeness (QED) is 0.454. The zero-order valence-corrected chi connectivity index (χ0v) is 11.4. The molecule has 0 fully saturated rings. The Bertz CT molecular complexity index is 529. The standard InChI is InChI=1S/C11H12IN5/c1-7-10(14-6-15-11(7)17-13)16-9-4-2-3-8(12)5-9/h2-6H,13H2,1H3,(H2,14,15,16,17). The van der Waals surface area contributed by atoms with Gasteiger partial charge in [0.25, 0.3) is 0 Å². The van der Waals surface area contributed by atoms with Gasteiger partial charge in [0, 0.05) is 14.8 Å². The van der Waals surface area contributed by atoms with E-state index >= 15 is 0 Å². The normalized spacial score (nSPS) is 10.1. The average Bonchev–Trinajstić information content (AvgIpc) is 2.32. The van der Waals surface area contributed by atoms with E-state index in [-0.39, 0.29) is 0 Å². The molecule has 1 aromatic carbocycles. The van der Waals surface area contributed by atoms with Crippen LogP contribution >= 0.6 is 22.6 Å². The van der Waals surface area contributed by atoms with Gasteiger partial charge < -0.3 is 10.7 Å². The van der Waals surface area contributed by atoms with Gasteiger partial charge in [0.1, 0.15) is 18.0 Å². The summed E-state index contributed by atoms with van der Waals surface area (Å²) < 4.78 is 1.16. The van der Waals surface area contributed by atoms with Crippen molar-refractivity contribution >= 4 is 39.9 Å². The van der Waals surface area contributed by atoms with Crippen LogP contribution in [0.1, 0.15) is 5.56 Å². The van der Waals surface area contributed by atoms with Gasteiger partial charge >= 0.3 is 0 Å². The van der Waals surface area contributed by atoms with Crippen molar-refractivity contribution in [1.29, 1.82) is 0 Å². The molecule has 0 aliphatic carbocycles. The van der Waals surface area contributed by atoms with E-state index in [2.05, 4.69) is 43.3 Å². The van der Waals surface area contributed by atoms with Gasteiger partial charge in [-0.2, -0.15) is 0 Å². The van der Waals surface area contributed by atoms with Crippen molar-refractivity contribution in [3.05, 3.63) is 39.7 Å². The van der Waals surface area contributed by atoms with E-state index < -0.39 is 0 Å². The Morgan fingerprint density at radius 3 is 2.71 bits per heavy atom. The topological polar surface area (TPSA) is 75.9 Å². The van der Waals surface area contributed by atoms with E-state index in [0.29, 0.717) is 5.82 Å². The summed E-state index contributed by atoms with van der Waals surface area (Å²) in [7, 11) is 0. The third-order valence-corrected chi connectivity index (χ3v) is 2.98. The maximum atomic E-state index is 5.37. The van der Waals surface area contributed by atoms with Crippen LogP contribution < -0.4 is 16.6 Å². The number of aromatic nitrogens is 2. The fraction of sp³-hybridized carbons (Fsp3) is 0.0909.